The molecular formula is C14H24N4. The predicted molar refractivity (Wildman–Crippen MR) is 74.2 cm³/mol. The lowest BCUT2D eigenvalue weighted by atomic mass is 10.2. The van der Waals surface area contributed by atoms with Crippen molar-refractivity contribution in [2.75, 3.05) is 26.7 Å². The van der Waals surface area contributed by atoms with Crippen molar-refractivity contribution in [3.8, 4) is 0 Å². The van der Waals surface area contributed by atoms with Crippen LogP contribution >= 0.6 is 0 Å². The van der Waals surface area contributed by atoms with E-state index in [1.165, 1.54) is 6.42 Å². The molecule has 1 fully saturated rings. The molecule has 2 atom stereocenters. The minimum Gasteiger partial charge on any atom is -0.329 e. The third-order valence-corrected chi connectivity index (χ3v) is 3.99. The van der Waals surface area contributed by atoms with Gasteiger partial charge in [0.25, 0.3) is 0 Å². The largest absolute Gasteiger partial charge is 0.329 e. The Morgan fingerprint density at radius 3 is 2.94 bits per heavy atom. The second kappa shape index (κ2) is 6.27. The van der Waals surface area contributed by atoms with E-state index in [-0.39, 0.29) is 0 Å². The third kappa shape index (κ3) is 3.28. The quantitative estimate of drug-likeness (QED) is 0.864. The molecule has 0 bridgehead atoms. The van der Waals surface area contributed by atoms with Crippen LogP contribution in [0.15, 0.2) is 24.4 Å². The lowest BCUT2D eigenvalue weighted by molar-refractivity contribution is 0.177. The van der Waals surface area contributed by atoms with E-state index in [9.17, 15) is 0 Å². The zero-order valence-electron chi connectivity index (χ0n) is 11.4. The zero-order valence-corrected chi connectivity index (χ0v) is 11.4. The number of nitrogens with two attached hydrogens (primary N) is 1. The Hall–Kier alpha value is -0.970. The Kier molecular flexibility index (Phi) is 4.69. The van der Waals surface area contributed by atoms with Gasteiger partial charge in [0.15, 0.2) is 0 Å². The second-order valence-corrected chi connectivity index (χ2v) is 5.25. The fraction of sp³-hybridized carbons (Fsp3) is 0.643. The van der Waals surface area contributed by atoms with Gasteiger partial charge in [-0.3, -0.25) is 14.8 Å². The molecule has 0 spiro atoms. The van der Waals surface area contributed by atoms with Crippen molar-refractivity contribution in [2.24, 2.45) is 5.73 Å². The maximum absolute atomic E-state index is 5.90. The number of likely N-dealkylation sites (N-methyl/N-ethyl adjacent to an activating group) is 1. The number of pyridine rings is 1. The van der Waals surface area contributed by atoms with Crippen LogP contribution < -0.4 is 5.73 Å². The molecule has 1 saturated heterocycles. The first-order chi connectivity index (χ1) is 8.70. The van der Waals surface area contributed by atoms with Gasteiger partial charge < -0.3 is 5.73 Å². The van der Waals surface area contributed by atoms with Crippen LogP contribution in [0.5, 0.6) is 0 Å². The first kappa shape index (κ1) is 13.5. The minimum atomic E-state index is 0.450. The Bertz CT molecular complexity index is 354. The van der Waals surface area contributed by atoms with Crippen LogP contribution in [0.3, 0.4) is 0 Å². The molecule has 4 nitrogen and oxygen atoms in total. The molecule has 100 valence electrons. The molecule has 18 heavy (non-hydrogen) atoms. The van der Waals surface area contributed by atoms with Crippen LogP contribution in [0.4, 0.5) is 0 Å². The first-order valence-electron chi connectivity index (χ1n) is 6.75. The summed E-state index contributed by atoms with van der Waals surface area (Å²) >= 11 is 0. The molecule has 2 unspecified atom stereocenters. The summed E-state index contributed by atoms with van der Waals surface area (Å²) in [5.41, 5.74) is 7.04. The summed E-state index contributed by atoms with van der Waals surface area (Å²) in [5.74, 6) is 0. The minimum absolute atomic E-state index is 0.450. The van der Waals surface area contributed by atoms with Crippen molar-refractivity contribution in [1.82, 2.24) is 14.8 Å². The summed E-state index contributed by atoms with van der Waals surface area (Å²) < 4.78 is 0. The van der Waals surface area contributed by atoms with Crippen LogP contribution in [0.1, 0.15) is 19.0 Å². The maximum Gasteiger partial charge on any atom is 0.0543 e. The van der Waals surface area contributed by atoms with Crippen LogP contribution in [0, 0.1) is 0 Å². The van der Waals surface area contributed by atoms with Gasteiger partial charge in [0.2, 0.25) is 0 Å². The highest BCUT2D eigenvalue weighted by atomic mass is 15.3. The van der Waals surface area contributed by atoms with E-state index in [1.54, 1.807) is 0 Å². The normalized spacial score (nSPS) is 27.1. The third-order valence-electron chi connectivity index (χ3n) is 3.99. The number of hydrogen-bond donors (Lipinski definition) is 1. The fourth-order valence-corrected chi connectivity index (χ4v) is 2.56. The lowest BCUT2D eigenvalue weighted by Gasteiger charge is -2.30. The van der Waals surface area contributed by atoms with Gasteiger partial charge in [-0.25, -0.2) is 0 Å². The van der Waals surface area contributed by atoms with Crippen LogP contribution in [-0.2, 0) is 6.54 Å². The highest BCUT2D eigenvalue weighted by Crippen LogP contribution is 2.15. The summed E-state index contributed by atoms with van der Waals surface area (Å²) in [7, 11) is 2.19. The lowest BCUT2D eigenvalue weighted by Crippen LogP contribution is -2.46. The van der Waals surface area contributed by atoms with Crippen molar-refractivity contribution in [3.63, 3.8) is 0 Å². The SMILES string of the molecule is CC1CCN(Cc2ccccn2)CC(CN)N1C. The van der Waals surface area contributed by atoms with Gasteiger partial charge in [-0.2, -0.15) is 0 Å². The van der Waals surface area contributed by atoms with E-state index in [1.807, 2.05) is 12.3 Å². The average Bonchev–Trinajstić information content (AvgIpc) is 2.53. The van der Waals surface area contributed by atoms with Crippen LogP contribution in [0.25, 0.3) is 0 Å². The van der Waals surface area contributed by atoms with E-state index in [4.69, 9.17) is 5.73 Å². The summed E-state index contributed by atoms with van der Waals surface area (Å²) in [6.45, 7) is 6.09. The summed E-state index contributed by atoms with van der Waals surface area (Å²) in [6.07, 6.45) is 3.06. The molecule has 1 aliphatic heterocycles. The molecular weight excluding hydrogens is 224 g/mol. The Balaban J connectivity index is 2.01. The Morgan fingerprint density at radius 2 is 2.28 bits per heavy atom. The molecule has 2 rings (SSSR count). The molecule has 2 N–H and O–H groups in total. The van der Waals surface area contributed by atoms with E-state index in [0.717, 1.165) is 31.9 Å². The van der Waals surface area contributed by atoms with Crippen molar-refractivity contribution < 1.29 is 0 Å². The van der Waals surface area contributed by atoms with Gasteiger partial charge in [-0.05, 0) is 32.5 Å². The Labute approximate surface area is 110 Å². The van der Waals surface area contributed by atoms with E-state index in [0.29, 0.717) is 12.1 Å². The standard InChI is InChI=1S/C14H24N4/c1-12-6-8-18(11-14(9-15)17(12)2)10-13-5-3-4-7-16-13/h3-5,7,12,14H,6,8-11,15H2,1-2H3. The first-order valence-corrected chi connectivity index (χ1v) is 6.75. The van der Waals surface area contributed by atoms with Crippen molar-refractivity contribution >= 4 is 0 Å². The number of nitrogens with zero attached hydrogens (tertiary/aromatic N) is 3. The van der Waals surface area contributed by atoms with Gasteiger partial charge in [0, 0.05) is 44.5 Å². The van der Waals surface area contributed by atoms with Crippen LogP contribution in [0.2, 0.25) is 0 Å². The molecule has 0 radical (unpaired) electrons. The maximum atomic E-state index is 5.90. The van der Waals surface area contributed by atoms with Gasteiger partial charge in [0.1, 0.15) is 0 Å². The number of hydrogen-bond acceptors (Lipinski definition) is 4. The predicted octanol–water partition coefficient (Wildman–Crippen LogP) is 0.935. The number of aromatic nitrogens is 1. The number of rotatable bonds is 3. The summed E-state index contributed by atoms with van der Waals surface area (Å²) in [6, 6.07) is 7.16. The monoisotopic (exact) mass is 248 g/mol. The topological polar surface area (TPSA) is 45.4 Å². The molecule has 1 aromatic rings. The molecule has 0 aliphatic carbocycles. The fourth-order valence-electron chi connectivity index (χ4n) is 2.56. The molecule has 0 amide bonds. The second-order valence-electron chi connectivity index (χ2n) is 5.25. The van der Waals surface area contributed by atoms with Crippen molar-refractivity contribution in [3.05, 3.63) is 30.1 Å². The highest BCUT2D eigenvalue weighted by Gasteiger charge is 2.25. The van der Waals surface area contributed by atoms with Gasteiger partial charge in [0.05, 0.1) is 5.69 Å². The molecule has 1 aliphatic rings. The molecule has 2 heterocycles. The molecule has 1 aromatic heterocycles. The van der Waals surface area contributed by atoms with Crippen LogP contribution in [-0.4, -0.2) is 53.5 Å². The smallest absolute Gasteiger partial charge is 0.0543 e. The molecule has 4 heteroatoms. The van der Waals surface area contributed by atoms with Gasteiger partial charge in [-0.15, -0.1) is 0 Å². The average molecular weight is 248 g/mol. The van der Waals surface area contributed by atoms with E-state index >= 15 is 0 Å². The summed E-state index contributed by atoms with van der Waals surface area (Å²) in [4.78, 5) is 9.29. The van der Waals surface area contributed by atoms with Gasteiger partial charge in [-0.1, -0.05) is 6.07 Å². The van der Waals surface area contributed by atoms with Crippen molar-refractivity contribution in [2.45, 2.75) is 32.0 Å². The zero-order chi connectivity index (χ0) is 13.0. The highest BCUT2D eigenvalue weighted by molar-refractivity contribution is 5.03. The van der Waals surface area contributed by atoms with E-state index in [2.05, 4.69) is 40.9 Å². The van der Waals surface area contributed by atoms with Gasteiger partial charge >= 0.3 is 0 Å². The molecule has 0 aromatic carbocycles. The Morgan fingerprint density at radius 1 is 1.44 bits per heavy atom. The molecule has 0 saturated carbocycles. The summed E-state index contributed by atoms with van der Waals surface area (Å²) in [5, 5.41) is 0. The van der Waals surface area contributed by atoms with E-state index < -0.39 is 0 Å². The van der Waals surface area contributed by atoms with Crippen molar-refractivity contribution in [1.29, 1.82) is 0 Å².